The molecule has 0 aromatic heterocycles. The zero-order valence-electron chi connectivity index (χ0n) is 21.6. The molecule has 0 atom stereocenters. The van der Waals surface area contributed by atoms with Crippen molar-refractivity contribution in [3.63, 3.8) is 0 Å². The molecule has 3 aromatic rings. The first-order valence-corrected chi connectivity index (χ1v) is 13.6. The van der Waals surface area contributed by atoms with Gasteiger partial charge in [-0.05, 0) is 72.6 Å². The van der Waals surface area contributed by atoms with Crippen LogP contribution in [0.15, 0.2) is 61.2 Å². The zero-order valence-corrected chi connectivity index (χ0v) is 21.6. The molecule has 1 saturated carbocycles. The Morgan fingerprint density at radius 3 is 1.84 bits per heavy atom. The maximum atomic E-state index is 15.1. The lowest BCUT2D eigenvalue weighted by atomic mass is 9.78. The van der Waals surface area contributed by atoms with Gasteiger partial charge in [-0.15, -0.1) is 6.58 Å². The quantitative estimate of drug-likeness (QED) is 0.145. The number of allylic oxidation sites excluding steroid dienone is 1. The standard InChI is InChI=1S/C33H36F4/c1-3-5-6-7-8-9-26-18-19-27(31(35)30(26)34)24-14-16-25(17-15-24)29-21-20-28(32(36)33(29)37)23-12-10-22(4-2)11-13-23/h4,14-23H,2-3,5-13H2,1H3. The molecule has 0 nitrogen and oxygen atoms in total. The van der Waals surface area contributed by atoms with Crippen LogP contribution in [0.4, 0.5) is 17.6 Å². The highest BCUT2D eigenvalue weighted by atomic mass is 19.2. The molecule has 196 valence electrons. The van der Waals surface area contributed by atoms with Gasteiger partial charge in [-0.1, -0.05) is 87.2 Å². The Morgan fingerprint density at radius 2 is 1.24 bits per heavy atom. The number of halogens is 4. The summed E-state index contributed by atoms with van der Waals surface area (Å²) in [4.78, 5) is 0. The highest BCUT2D eigenvalue weighted by Gasteiger charge is 2.25. The topological polar surface area (TPSA) is 0 Å². The third kappa shape index (κ3) is 6.17. The number of hydrogen-bond acceptors (Lipinski definition) is 0. The number of hydrogen-bond donors (Lipinski definition) is 0. The van der Waals surface area contributed by atoms with Crippen molar-refractivity contribution in [2.45, 2.75) is 77.0 Å². The van der Waals surface area contributed by atoms with Gasteiger partial charge in [-0.3, -0.25) is 0 Å². The minimum Gasteiger partial charge on any atom is -0.203 e. The molecular formula is C33H36F4. The van der Waals surface area contributed by atoms with Crippen LogP contribution in [0.1, 0.15) is 81.8 Å². The lowest BCUT2D eigenvalue weighted by Crippen LogP contribution is -2.13. The Bertz CT molecular complexity index is 1200. The van der Waals surface area contributed by atoms with Crippen molar-refractivity contribution in [1.29, 1.82) is 0 Å². The van der Waals surface area contributed by atoms with Crippen molar-refractivity contribution in [1.82, 2.24) is 0 Å². The summed E-state index contributed by atoms with van der Waals surface area (Å²) >= 11 is 0. The maximum Gasteiger partial charge on any atom is 0.166 e. The third-order valence-corrected chi connectivity index (χ3v) is 7.88. The van der Waals surface area contributed by atoms with Gasteiger partial charge in [-0.25, -0.2) is 17.6 Å². The van der Waals surface area contributed by atoms with Crippen LogP contribution in [0.3, 0.4) is 0 Å². The van der Waals surface area contributed by atoms with Gasteiger partial charge in [0.25, 0.3) is 0 Å². The molecule has 0 saturated heterocycles. The van der Waals surface area contributed by atoms with E-state index in [1.807, 2.05) is 6.08 Å². The fourth-order valence-electron chi connectivity index (χ4n) is 5.52. The van der Waals surface area contributed by atoms with E-state index in [4.69, 9.17) is 0 Å². The summed E-state index contributed by atoms with van der Waals surface area (Å²) in [5, 5.41) is 0. The van der Waals surface area contributed by atoms with Crippen molar-refractivity contribution < 1.29 is 17.6 Å². The van der Waals surface area contributed by atoms with Gasteiger partial charge >= 0.3 is 0 Å². The predicted molar refractivity (Wildman–Crippen MR) is 145 cm³/mol. The Morgan fingerprint density at radius 1 is 0.676 bits per heavy atom. The van der Waals surface area contributed by atoms with Crippen molar-refractivity contribution in [2.24, 2.45) is 5.92 Å². The van der Waals surface area contributed by atoms with Gasteiger partial charge in [0.15, 0.2) is 23.3 Å². The van der Waals surface area contributed by atoms with Crippen LogP contribution in [0.5, 0.6) is 0 Å². The molecule has 0 heterocycles. The smallest absolute Gasteiger partial charge is 0.166 e. The van der Waals surface area contributed by atoms with E-state index < -0.39 is 23.3 Å². The summed E-state index contributed by atoms with van der Waals surface area (Å²) in [6.45, 7) is 5.98. The molecule has 0 amide bonds. The fraction of sp³-hybridized carbons (Fsp3) is 0.394. The van der Waals surface area contributed by atoms with Crippen LogP contribution in [-0.4, -0.2) is 0 Å². The Hall–Kier alpha value is -2.88. The fourth-order valence-corrected chi connectivity index (χ4v) is 5.52. The minimum atomic E-state index is -0.869. The van der Waals surface area contributed by atoms with Gasteiger partial charge in [-0.2, -0.15) is 0 Å². The summed E-state index contributed by atoms with van der Waals surface area (Å²) in [7, 11) is 0. The molecule has 4 rings (SSSR count). The van der Waals surface area contributed by atoms with E-state index in [-0.39, 0.29) is 17.0 Å². The summed E-state index contributed by atoms with van der Waals surface area (Å²) in [5.74, 6) is -2.86. The molecule has 1 fully saturated rings. The molecule has 0 unspecified atom stereocenters. The molecule has 0 aliphatic heterocycles. The summed E-state index contributed by atoms with van der Waals surface area (Å²) in [6.07, 6.45) is 11.2. The SMILES string of the molecule is C=CC1CCC(c2ccc(-c3ccc(-c4ccc(CCCCCCC)c(F)c4F)cc3)c(F)c2F)CC1. The average Bonchev–Trinajstić information content (AvgIpc) is 2.93. The van der Waals surface area contributed by atoms with Crippen LogP contribution in [0, 0.1) is 29.2 Å². The van der Waals surface area contributed by atoms with Crippen molar-refractivity contribution in [3.8, 4) is 22.3 Å². The van der Waals surface area contributed by atoms with E-state index in [0.717, 1.165) is 57.8 Å². The molecule has 1 aliphatic carbocycles. The van der Waals surface area contributed by atoms with Crippen LogP contribution in [0.25, 0.3) is 22.3 Å². The first-order valence-electron chi connectivity index (χ1n) is 13.6. The number of benzene rings is 3. The van der Waals surface area contributed by atoms with Gasteiger partial charge in [0.05, 0.1) is 0 Å². The third-order valence-electron chi connectivity index (χ3n) is 7.88. The first-order chi connectivity index (χ1) is 17.9. The van der Waals surface area contributed by atoms with Gasteiger partial charge in [0.2, 0.25) is 0 Å². The summed E-state index contributed by atoms with van der Waals surface area (Å²) in [6, 6.07) is 13.1. The molecule has 0 N–H and O–H groups in total. The van der Waals surface area contributed by atoms with Crippen LogP contribution in [-0.2, 0) is 6.42 Å². The van der Waals surface area contributed by atoms with E-state index >= 15 is 8.78 Å². The van der Waals surface area contributed by atoms with Crippen molar-refractivity contribution >= 4 is 0 Å². The van der Waals surface area contributed by atoms with Gasteiger partial charge in [0.1, 0.15) is 0 Å². The molecule has 4 heteroatoms. The Labute approximate surface area is 218 Å². The van der Waals surface area contributed by atoms with E-state index in [9.17, 15) is 8.78 Å². The second kappa shape index (κ2) is 12.6. The molecule has 0 radical (unpaired) electrons. The van der Waals surface area contributed by atoms with E-state index in [0.29, 0.717) is 34.6 Å². The normalized spacial score (nSPS) is 17.6. The second-order valence-corrected chi connectivity index (χ2v) is 10.3. The highest BCUT2D eigenvalue weighted by Crippen LogP contribution is 2.39. The van der Waals surface area contributed by atoms with E-state index in [2.05, 4.69) is 13.5 Å². The molecule has 37 heavy (non-hydrogen) atoms. The van der Waals surface area contributed by atoms with Gasteiger partial charge < -0.3 is 0 Å². The lowest BCUT2D eigenvalue weighted by molar-refractivity contribution is 0.364. The molecule has 3 aromatic carbocycles. The van der Waals surface area contributed by atoms with Crippen LogP contribution >= 0.6 is 0 Å². The average molecular weight is 509 g/mol. The maximum absolute atomic E-state index is 15.1. The minimum absolute atomic E-state index is 0.0132. The van der Waals surface area contributed by atoms with Crippen LogP contribution < -0.4 is 0 Å². The Kier molecular flexibility index (Phi) is 9.23. The summed E-state index contributed by atoms with van der Waals surface area (Å²) < 4.78 is 59.8. The van der Waals surface area contributed by atoms with Crippen molar-refractivity contribution in [2.75, 3.05) is 0 Å². The largest absolute Gasteiger partial charge is 0.203 e. The Balaban J connectivity index is 1.49. The molecule has 0 spiro atoms. The lowest BCUT2D eigenvalue weighted by Gasteiger charge is -2.27. The molecular weight excluding hydrogens is 472 g/mol. The number of aryl methyl sites for hydroxylation is 1. The second-order valence-electron chi connectivity index (χ2n) is 10.3. The predicted octanol–water partition coefficient (Wildman–Crippen LogP) is 10.5. The monoisotopic (exact) mass is 508 g/mol. The van der Waals surface area contributed by atoms with Crippen molar-refractivity contribution in [3.05, 3.63) is 95.6 Å². The number of unbranched alkanes of at least 4 members (excludes halogenated alkanes) is 4. The van der Waals surface area contributed by atoms with Gasteiger partial charge in [0, 0.05) is 11.1 Å². The zero-order chi connectivity index (χ0) is 26.4. The number of rotatable bonds is 10. The van der Waals surface area contributed by atoms with Crippen LogP contribution in [0.2, 0.25) is 0 Å². The first kappa shape index (κ1) is 27.2. The summed E-state index contributed by atoms with van der Waals surface area (Å²) in [5.41, 5.74) is 2.14. The molecule has 1 aliphatic rings. The highest BCUT2D eigenvalue weighted by molar-refractivity contribution is 5.71. The van der Waals surface area contributed by atoms with E-state index in [1.165, 1.54) is 0 Å². The molecule has 0 bridgehead atoms. The van der Waals surface area contributed by atoms with E-state index in [1.54, 1.807) is 48.5 Å².